The third-order valence-electron chi connectivity index (χ3n) is 3.56. The largest absolute Gasteiger partial charge is 0.481 e. The van der Waals surface area contributed by atoms with Crippen LogP contribution in [0.1, 0.15) is 30.9 Å². The zero-order valence-corrected chi connectivity index (χ0v) is 13.9. The lowest BCUT2D eigenvalue weighted by molar-refractivity contribution is -0.139. The van der Waals surface area contributed by atoms with Crippen molar-refractivity contribution in [3.05, 3.63) is 83.3 Å². The summed E-state index contributed by atoms with van der Waals surface area (Å²) in [6, 6.07) is 19.0. The fourth-order valence-electron chi connectivity index (χ4n) is 2.57. The minimum Gasteiger partial charge on any atom is -0.481 e. The van der Waals surface area contributed by atoms with Gasteiger partial charge >= 0.3 is 5.97 Å². The highest BCUT2D eigenvalue weighted by Gasteiger charge is 2.30. The molecule has 2 aromatic rings. The lowest BCUT2D eigenvalue weighted by Crippen LogP contribution is -2.19. The molecule has 0 heterocycles. The Bertz CT molecular complexity index is 638. The molecule has 0 bridgehead atoms. The fourth-order valence-corrected chi connectivity index (χ4v) is 2.57. The van der Waals surface area contributed by atoms with E-state index < -0.39 is 17.8 Å². The summed E-state index contributed by atoms with van der Waals surface area (Å²) in [6.07, 6.45) is 0. The van der Waals surface area contributed by atoms with Gasteiger partial charge in [-0.3, -0.25) is 0 Å². The summed E-state index contributed by atoms with van der Waals surface area (Å²) >= 11 is 0. The maximum atomic E-state index is 12.5. The third kappa shape index (κ3) is 4.16. The van der Waals surface area contributed by atoms with Crippen LogP contribution in [0.3, 0.4) is 0 Å². The second kappa shape index (κ2) is 8.77. The predicted octanol–water partition coefficient (Wildman–Crippen LogP) is 4.19. The Morgan fingerprint density at radius 2 is 1.33 bits per heavy atom. The Kier molecular flexibility index (Phi) is 6.43. The van der Waals surface area contributed by atoms with Crippen LogP contribution in [0.25, 0.3) is 0 Å². The molecule has 2 aromatic carbocycles. The second-order valence-electron chi connectivity index (χ2n) is 5.13. The molecule has 4 nitrogen and oxygen atoms in total. The van der Waals surface area contributed by atoms with Gasteiger partial charge in [0.25, 0.3) is 5.95 Å². The van der Waals surface area contributed by atoms with E-state index in [9.17, 15) is 9.90 Å². The number of benzene rings is 2. The van der Waals surface area contributed by atoms with E-state index in [0.717, 1.165) is 11.1 Å². The van der Waals surface area contributed by atoms with Gasteiger partial charge in [0.05, 0.1) is 13.2 Å². The number of esters is 1. The van der Waals surface area contributed by atoms with Crippen LogP contribution < -0.4 is 0 Å². The van der Waals surface area contributed by atoms with Gasteiger partial charge in [0.15, 0.2) is 0 Å². The summed E-state index contributed by atoms with van der Waals surface area (Å²) in [7, 11) is 0. The molecule has 0 fully saturated rings. The molecular weight excluding hydrogens is 304 g/mol. The maximum absolute atomic E-state index is 12.5. The average molecular weight is 326 g/mol. The van der Waals surface area contributed by atoms with Crippen LogP contribution >= 0.6 is 0 Å². The first-order chi connectivity index (χ1) is 11.7. The smallest absolute Gasteiger partial charge is 0.342 e. The van der Waals surface area contributed by atoms with Gasteiger partial charge in [-0.15, -0.1) is 0 Å². The van der Waals surface area contributed by atoms with Gasteiger partial charge < -0.3 is 14.6 Å². The number of aliphatic hydroxyl groups excluding tert-OH is 1. The zero-order valence-electron chi connectivity index (χ0n) is 13.9. The molecule has 0 spiro atoms. The molecule has 24 heavy (non-hydrogen) atoms. The van der Waals surface area contributed by atoms with E-state index in [4.69, 9.17) is 9.47 Å². The summed E-state index contributed by atoms with van der Waals surface area (Å²) in [5, 5.41) is 10.4. The molecule has 0 aliphatic heterocycles. The van der Waals surface area contributed by atoms with Crippen molar-refractivity contribution in [2.24, 2.45) is 0 Å². The Morgan fingerprint density at radius 3 is 1.75 bits per heavy atom. The molecule has 0 amide bonds. The van der Waals surface area contributed by atoms with Crippen molar-refractivity contribution < 1.29 is 19.4 Å². The summed E-state index contributed by atoms with van der Waals surface area (Å²) < 4.78 is 10.4. The fraction of sp³-hybridized carbons (Fsp3) is 0.250. The van der Waals surface area contributed by atoms with Gasteiger partial charge in [-0.1, -0.05) is 60.7 Å². The normalized spacial score (nSPS) is 11.8. The van der Waals surface area contributed by atoms with Crippen LogP contribution in [0.2, 0.25) is 0 Å². The first-order valence-electron chi connectivity index (χ1n) is 8.01. The van der Waals surface area contributed by atoms with Crippen molar-refractivity contribution in [3.8, 4) is 0 Å². The molecule has 1 N–H and O–H groups in total. The zero-order chi connectivity index (χ0) is 17.4. The average Bonchev–Trinajstić information content (AvgIpc) is 2.61. The van der Waals surface area contributed by atoms with Crippen molar-refractivity contribution in [1.29, 1.82) is 0 Å². The van der Waals surface area contributed by atoms with E-state index in [-0.39, 0.29) is 18.8 Å². The van der Waals surface area contributed by atoms with Crippen LogP contribution in [0.4, 0.5) is 0 Å². The number of hydrogen-bond donors (Lipinski definition) is 1. The summed E-state index contributed by atoms with van der Waals surface area (Å²) in [4.78, 5) is 12.5. The molecule has 0 unspecified atom stereocenters. The van der Waals surface area contributed by atoms with Crippen molar-refractivity contribution >= 4 is 5.97 Å². The molecule has 0 saturated carbocycles. The topological polar surface area (TPSA) is 55.8 Å². The minimum atomic E-state index is -0.582. The first kappa shape index (κ1) is 17.6. The monoisotopic (exact) mass is 326 g/mol. The van der Waals surface area contributed by atoms with Crippen molar-refractivity contribution in [2.45, 2.75) is 19.8 Å². The molecule has 0 aromatic heterocycles. The van der Waals surface area contributed by atoms with Crippen LogP contribution in [-0.4, -0.2) is 24.3 Å². The Morgan fingerprint density at radius 1 is 0.875 bits per heavy atom. The van der Waals surface area contributed by atoms with E-state index >= 15 is 0 Å². The van der Waals surface area contributed by atoms with Gasteiger partial charge in [-0.2, -0.15) is 0 Å². The summed E-state index contributed by atoms with van der Waals surface area (Å²) in [6.45, 7) is 3.95. The van der Waals surface area contributed by atoms with Crippen molar-refractivity contribution in [3.63, 3.8) is 0 Å². The van der Waals surface area contributed by atoms with Crippen LogP contribution in [0.15, 0.2) is 72.2 Å². The van der Waals surface area contributed by atoms with Gasteiger partial charge in [-0.25, -0.2) is 4.79 Å². The Hall–Kier alpha value is -2.75. The molecule has 0 aliphatic carbocycles. The second-order valence-corrected chi connectivity index (χ2v) is 5.13. The lowest BCUT2D eigenvalue weighted by Gasteiger charge is -2.21. The van der Waals surface area contributed by atoms with Crippen molar-refractivity contribution in [2.75, 3.05) is 13.2 Å². The molecule has 0 atom stereocenters. The molecule has 4 heteroatoms. The minimum absolute atomic E-state index is 0.108. The third-order valence-corrected chi connectivity index (χ3v) is 3.56. The predicted molar refractivity (Wildman–Crippen MR) is 92.6 cm³/mol. The van der Waals surface area contributed by atoms with Crippen LogP contribution in [0, 0.1) is 0 Å². The van der Waals surface area contributed by atoms with Gasteiger partial charge in [0, 0.05) is 5.92 Å². The molecule has 2 rings (SSSR count). The van der Waals surface area contributed by atoms with Crippen LogP contribution in [-0.2, 0) is 14.3 Å². The molecule has 126 valence electrons. The van der Waals surface area contributed by atoms with Crippen LogP contribution in [0.5, 0.6) is 0 Å². The Labute approximate surface area is 142 Å². The highest BCUT2D eigenvalue weighted by Crippen LogP contribution is 2.34. The van der Waals surface area contributed by atoms with Gasteiger partial charge in [0.1, 0.15) is 5.57 Å². The Balaban J connectivity index is 2.61. The van der Waals surface area contributed by atoms with E-state index in [1.807, 2.05) is 60.7 Å². The quantitative estimate of drug-likeness (QED) is 0.471. The maximum Gasteiger partial charge on any atom is 0.342 e. The SMILES string of the molecule is CCOC(=O)/C(=C(/O)OCC)C(c1ccccc1)c1ccccc1. The molecule has 0 radical (unpaired) electrons. The van der Waals surface area contributed by atoms with E-state index in [1.165, 1.54) is 0 Å². The number of aliphatic hydroxyl groups is 1. The molecule has 0 saturated heterocycles. The highest BCUT2D eigenvalue weighted by atomic mass is 16.6. The lowest BCUT2D eigenvalue weighted by atomic mass is 9.85. The van der Waals surface area contributed by atoms with E-state index in [2.05, 4.69) is 0 Å². The summed E-state index contributed by atoms with van der Waals surface area (Å²) in [5.41, 5.74) is 1.85. The van der Waals surface area contributed by atoms with Gasteiger partial charge in [-0.05, 0) is 25.0 Å². The summed E-state index contributed by atoms with van der Waals surface area (Å²) in [5.74, 6) is -1.45. The standard InChI is InChI=1S/C20H22O4/c1-3-23-19(21)18(20(22)24-4-2)17(15-11-7-5-8-12-15)16-13-9-6-10-14-16/h5-14,17,21H,3-4H2,1-2H3/b19-18-. The van der Waals surface area contributed by atoms with E-state index in [1.54, 1.807) is 13.8 Å². The van der Waals surface area contributed by atoms with Crippen molar-refractivity contribution in [1.82, 2.24) is 0 Å². The molecular formula is C20H22O4. The van der Waals surface area contributed by atoms with E-state index in [0.29, 0.717) is 0 Å². The number of hydrogen-bond acceptors (Lipinski definition) is 4. The van der Waals surface area contributed by atoms with Gasteiger partial charge in [0.2, 0.25) is 0 Å². The number of ether oxygens (including phenoxy) is 2. The number of carbonyl (C=O) groups is 1. The highest BCUT2D eigenvalue weighted by molar-refractivity contribution is 5.91. The molecule has 0 aliphatic rings. The first-order valence-corrected chi connectivity index (χ1v) is 8.01. The number of carbonyl (C=O) groups excluding carboxylic acids is 1. The number of rotatable bonds is 7.